The molecule has 382 valence electrons. The van der Waals surface area contributed by atoms with Crippen LogP contribution in [0.25, 0.3) is 11.2 Å². The number of amides is 3. The van der Waals surface area contributed by atoms with Crippen LogP contribution in [0, 0.1) is 17.8 Å². The molecule has 3 aliphatic heterocycles. The Morgan fingerprint density at radius 3 is 2.03 bits per heavy atom. The smallest absolute Gasteiger partial charge is 0.413 e. The van der Waals surface area contributed by atoms with Crippen LogP contribution >= 0.6 is 0 Å². The summed E-state index contributed by atoms with van der Waals surface area (Å²) in [5, 5.41) is 5.50. The minimum atomic E-state index is -1.04. The molecule has 7 atom stereocenters. The molecular weight excluding hydrogens is 877 g/mol. The minimum Gasteiger partial charge on any atom is -0.458 e. The van der Waals surface area contributed by atoms with E-state index < -0.39 is 76.9 Å². The second-order valence-electron chi connectivity index (χ2n) is 23.7. The van der Waals surface area contributed by atoms with Gasteiger partial charge < -0.3 is 48.3 Å². The van der Waals surface area contributed by atoms with E-state index in [9.17, 15) is 19.2 Å². The van der Waals surface area contributed by atoms with Gasteiger partial charge >= 0.3 is 24.2 Å². The number of carbonyl (C=O) groups excluding carboxylic acids is 4. The first-order valence-corrected chi connectivity index (χ1v) is 24.6. The Hall–Kier alpha value is -4.33. The monoisotopic (exact) mass is 957 g/mol. The molecule has 4 fully saturated rings. The zero-order valence-electron chi connectivity index (χ0n) is 43.1. The molecule has 1 aliphatic carbocycles. The van der Waals surface area contributed by atoms with Gasteiger partial charge in [-0.25, -0.2) is 34.1 Å². The molecule has 3 unspecified atom stereocenters. The summed E-state index contributed by atoms with van der Waals surface area (Å²) in [5.41, 5.74) is -2.25. The largest absolute Gasteiger partial charge is 0.458 e. The summed E-state index contributed by atoms with van der Waals surface area (Å²) >= 11 is 0. The number of likely N-dealkylation sites (tertiary alicyclic amines) is 1. The number of nitrogens with one attached hydrogen (secondary N) is 2. The summed E-state index contributed by atoms with van der Waals surface area (Å²) in [4.78, 5) is 71.2. The van der Waals surface area contributed by atoms with E-state index in [2.05, 4.69) is 30.5 Å². The maximum atomic E-state index is 13.8. The quantitative estimate of drug-likeness (QED) is 0.143. The van der Waals surface area contributed by atoms with Crippen molar-refractivity contribution in [3.8, 4) is 0 Å². The molecular formula is C49H80N8O11. The van der Waals surface area contributed by atoms with Crippen molar-refractivity contribution in [2.24, 2.45) is 17.8 Å². The van der Waals surface area contributed by atoms with Gasteiger partial charge in [0, 0.05) is 32.7 Å². The zero-order chi connectivity index (χ0) is 50.0. The molecule has 5 heterocycles. The lowest BCUT2D eigenvalue weighted by atomic mass is 9.78. The van der Waals surface area contributed by atoms with E-state index in [0.29, 0.717) is 49.8 Å². The van der Waals surface area contributed by atoms with E-state index >= 15 is 0 Å². The fraction of sp³-hybridized carbons (Fsp3) is 0.816. The van der Waals surface area contributed by atoms with Crippen molar-refractivity contribution in [3.63, 3.8) is 0 Å². The minimum absolute atomic E-state index is 0.0408. The average molecular weight is 957 g/mol. The third-order valence-electron chi connectivity index (χ3n) is 12.1. The van der Waals surface area contributed by atoms with E-state index in [1.165, 1.54) is 38.4 Å². The van der Waals surface area contributed by atoms with Crippen LogP contribution in [0.1, 0.15) is 155 Å². The van der Waals surface area contributed by atoms with Gasteiger partial charge in [-0.15, -0.1) is 0 Å². The van der Waals surface area contributed by atoms with E-state index in [-0.39, 0.29) is 30.2 Å². The summed E-state index contributed by atoms with van der Waals surface area (Å²) in [6, 6.07) is -1.04. The first-order chi connectivity index (χ1) is 31.5. The fourth-order valence-corrected chi connectivity index (χ4v) is 9.81. The number of esters is 1. The molecule has 3 saturated heterocycles. The average Bonchev–Trinajstić information content (AvgIpc) is 3.85. The summed E-state index contributed by atoms with van der Waals surface area (Å²) in [6.45, 7) is 27.7. The molecule has 19 heteroatoms. The predicted molar refractivity (Wildman–Crippen MR) is 254 cm³/mol. The van der Waals surface area contributed by atoms with Crippen molar-refractivity contribution in [2.45, 2.75) is 207 Å². The van der Waals surface area contributed by atoms with Gasteiger partial charge in [0.15, 0.2) is 29.0 Å². The molecule has 0 spiro atoms. The summed E-state index contributed by atoms with van der Waals surface area (Å²) < 4.78 is 44.8. The number of piperidine rings is 1. The SMILES string of the molecule is CC(C)(C)OC(=O)Nc1ncnc2c1ncn2[C@@H]1O[C@H](CN(CCC(NC(=O)OC(C)(C)C)C(=O)OC(C)(C)C)CC2CC(CC3CCCCC3)CN(C(=O)OC(C)(C)C)C2)[C@H]2OC(C)(C)O[C@H]21. The maximum Gasteiger partial charge on any atom is 0.413 e. The number of alkyl carbamates (subject to hydrolysis) is 1. The van der Waals surface area contributed by atoms with Gasteiger partial charge in [0.25, 0.3) is 0 Å². The van der Waals surface area contributed by atoms with E-state index in [4.69, 9.17) is 33.2 Å². The number of carbonyl (C=O) groups is 4. The lowest BCUT2D eigenvalue weighted by Crippen LogP contribution is -2.51. The molecule has 4 aliphatic rings. The summed E-state index contributed by atoms with van der Waals surface area (Å²) in [7, 11) is 0. The topological polar surface area (TPSA) is 207 Å². The Kier molecular flexibility index (Phi) is 16.3. The molecule has 2 N–H and O–H groups in total. The fourth-order valence-electron chi connectivity index (χ4n) is 9.81. The summed E-state index contributed by atoms with van der Waals surface area (Å²) in [6.07, 6.45) is 7.05. The van der Waals surface area contributed by atoms with E-state index in [1.54, 1.807) is 73.2 Å². The van der Waals surface area contributed by atoms with Gasteiger partial charge in [0.1, 0.15) is 53.1 Å². The highest BCUT2D eigenvalue weighted by Gasteiger charge is 2.56. The van der Waals surface area contributed by atoms with Crippen LogP contribution in [0.5, 0.6) is 0 Å². The van der Waals surface area contributed by atoms with Gasteiger partial charge in [-0.3, -0.25) is 9.88 Å². The van der Waals surface area contributed by atoms with Crippen molar-refractivity contribution in [2.75, 3.05) is 38.0 Å². The molecule has 1 saturated carbocycles. The van der Waals surface area contributed by atoms with Crippen molar-refractivity contribution in [1.29, 1.82) is 0 Å². The molecule has 6 rings (SSSR count). The summed E-state index contributed by atoms with van der Waals surface area (Å²) in [5.74, 6) is -0.416. The Labute approximate surface area is 402 Å². The second kappa shape index (κ2) is 20.9. The lowest BCUT2D eigenvalue weighted by Gasteiger charge is -2.42. The predicted octanol–water partition coefficient (Wildman–Crippen LogP) is 8.36. The molecule has 2 aromatic heterocycles. The maximum absolute atomic E-state index is 13.8. The van der Waals surface area contributed by atoms with Crippen molar-refractivity contribution in [1.82, 2.24) is 34.6 Å². The van der Waals surface area contributed by atoms with Gasteiger partial charge in [-0.05, 0) is 134 Å². The first-order valence-electron chi connectivity index (χ1n) is 24.6. The standard InChI is InChI=1S/C49H80N8O11/c1-45(2,3)65-41(58)33(53-42(59)66-46(4,5)6)20-21-55(24-32-23-31(22-30-18-16-15-17-19-30)25-56(26-32)44(61)68-48(10,11)12)27-34-36-37(64-49(13,14)63-36)40(62-34)57-29-52-35-38(50-28-51-39(35)57)54-43(60)67-47(7,8)9/h28-34,36-37,40H,15-27H2,1-14H3,(H,53,59)(H,50,51,54,60)/t31?,32?,33?,34-,36-,37-,40-/m1/s1. The molecule has 2 aromatic rings. The Balaban J connectivity index is 1.31. The molecule has 0 bridgehead atoms. The number of rotatable bonds is 13. The van der Waals surface area contributed by atoms with E-state index in [1.807, 2.05) is 39.5 Å². The van der Waals surface area contributed by atoms with Crippen LogP contribution in [0.2, 0.25) is 0 Å². The third-order valence-corrected chi connectivity index (χ3v) is 12.1. The number of nitrogens with zero attached hydrogens (tertiary/aromatic N) is 6. The molecule has 68 heavy (non-hydrogen) atoms. The number of fused-ring (bicyclic) bond motifs is 2. The molecule has 19 nitrogen and oxygen atoms in total. The van der Waals surface area contributed by atoms with Gasteiger partial charge in [0.05, 0.1) is 6.33 Å². The number of hydrogen-bond donors (Lipinski definition) is 2. The highest BCUT2D eigenvalue weighted by Crippen LogP contribution is 2.44. The Morgan fingerprint density at radius 2 is 1.38 bits per heavy atom. The van der Waals surface area contributed by atoms with Crippen LogP contribution < -0.4 is 10.6 Å². The van der Waals surface area contributed by atoms with E-state index in [0.717, 1.165) is 12.8 Å². The number of ether oxygens (including phenoxy) is 7. The van der Waals surface area contributed by atoms with Gasteiger partial charge in [0.2, 0.25) is 0 Å². The van der Waals surface area contributed by atoms with Crippen molar-refractivity contribution >= 4 is 41.2 Å². The lowest BCUT2D eigenvalue weighted by molar-refractivity contribution is -0.198. The van der Waals surface area contributed by atoms with Crippen LogP contribution in [-0.2, 0) is 38.0 Å². The highest BCUT2D eigenvalue weighted by atomic mass is 16.8. The number of aromatic nitrogens is 4. The van der Waals surface area contributed by atoms with Gasteiger partial charge in [-0.1, -0.05) is 32.1 Å². The van der Waals surface area contributed by atoms with Crippen LogP contribution in [-0.4, -0.2) is 139 Å². The normalized spacial score (nSPS) is 25.2. The van der Waals surface area contributed by atoms with Crippen LogP contribution in [0.3, 0.4) is 0 Å². The van der Waals surface area contributed by atoms with Crippen LogP contribution in [0.15, 0.2) is 12.7 Å². The molecule has 0 aromatic carbocycles. The number of hydrogen-bond acceptors (Lipinski definition) is 15. The highest BCUT2D eigenvalue weighted by molar-refractivity contribution is 5.93. The number of anilines is 1. The van der Waals surface area contributed by atoms with Gasteiger partial charge in [-0.2, -0.15) is 0 Å². The third kappa shape index (κ3) is 15.3. The number of imidazole rings is 1. The molecule has 0 radical (unpaired) electrons. The first kappa shape index (κ1) is 53.0. The second-order valence-corrected chi connectivity index (χ2v) is 23.7. The molecule has 3 amide bonds. The van der Waals surface area contributed by atoms with Crippen molar-refractivity contribution in [3.05, 3.63) is 12.7 Å². The Morgan fingerprint density at radius 1 is 0.765 bits per heavy atom. The Bertz CT molecular complexity index is 2060. The zero-order valence-corrected chi connectivity index (χ0v) is 43.1. The van der Waals surface area contributed by atoms with Crippen molar-refractivity contribution < 1.29 is 52.3 Å². The van der Waals surface area contributed by atoms with Crippen LogP contribution in [0.4, 0.5) is 20.2 Å².